The van der Waals surface area contributed by atoms with Crippen LogP contribution in [0.15, 0.2) is 24.3 Å². The first kappa shape index (κ1) is 12.7. The Balaban J connectivity index is 1.96. The van der Waals surface area contributed by atoms with Crippen molar-refractivity contribution in [2.24, 2.45) is 0 Å². The average Bonchev–Trinajstić information content (AvgIpc) is 2.37. The Morgan fingerprint density at radius 1 is 1.21 bits per heavy atom. The summed E-state index contributed by atoms with van der Waals surface area (Å²) in [5.74, 6) is 0. The van der Waals surface area contributed by atoms with Crippen LogP contribution in [0.25, 0.3) is 5.57 Å². The van der Waals surface area contributed by atoms with Crippen LogP contribution in [0, 0.1) is 0 Å². The van der Waals surface area contributed by atoms with Crippen LogP contribution in [0.5, 0.6) is 0 Å². The smallest absolute Gasteiger partial charge is 0.0382 e. The third-order valence-electron chi connectivity index (χ3n) is 4.41. The summed E-state index contributed by atoms with van der Waals surface area (Å²) in [5, 5.41) is 3.69. The number of benzene rings is 1. The SMILES string of the molecule is CN1CC=C(c2cccc3c2CCC(C)(C)N3)CC1. The van der Waals surface area contributed by atoms with Crippen LogP contribution >= 0.6 is 0 Å². The molecule has 0 bridgehead atoms. The third kappa shape index (κ3) is 2.55. The summed E-state index contributed by atoms with van der Waals surface area (Å²) in [5.41, 5.74) is 6.11. The molecule has 19 heavy (non-hydrogen) atoms. The van der Waals surface area contributed by atoms with E-state index in [1.54, 1.807) is 0 Å². The van der Waals surface area contributed by atoms with Gasteiger partial charge in [0.1, 0.15) is 0 Å². The monoisotopic (exact) mass is 256 g/mol. The highest BCUT2D eigenvalue weighted by Crippen LogP contribution is 2.36. The van der Waals surface area contributed by atoms with Gasteiger partial charge in [-0.25, -0.2) is 0 Å². The predicted octanol–water partition coefficient (Wildman–Crippen LogP) is 3.54. The fourth-order valence-corrected chi connectivity index (χ4v) is 3.15. The van der Waals surface area contributed by atoms with Gasteiger partial charge in [0.2, 0.25) is 0 Å². The summed E-state index contributed by atoms with van der Waals surface area (Å²) in [7, 11) is 2.19. The Kier molecular flexibility index (Phi) is 3.14. The van der Waals surface area contributed by atoms with E-state index in [-0.39, 0.29) is 5.54 Å². The molecule has 2 aliphatic rings. The van der Waals surface area contributed by atoms with Crippen molar-refractivity contribution in [1.29, 1.82) is 0 Å². The van der Waals surface area contributed by atoms with Crippen molar-refractivity contribution >= 4 is 11.3 Å². The summed E-state index contributed by atoms with van der Waals surface area (Å²) < 4.78 is 0. The molecule has 102 valence electrons. The Bertz CT molecular complexity index is 514. The van der Waals surface area contributed by atoms with Crippen molar-refractivity contribution < 1.29 is 0 Å². The van der Waals surface area contributed by atoms with Gasteiger partial charge in [-0.3, -0.25) is 0 Å². The first-order valence-corrected chi connectivity index (χ1v) is 7.33. The van der Waals surface area contributed by atoms with Crippen LogP contribution in [0.1, 0.15) is 37.8 Å². The minimum absolute atomic E-state index is 0.229. The largest absolute Gasteiger partial charge is 0.380 e. The van der Waals surface area contributed by atoms with Gasteiger partial charge in [-0.2, -0.15) is 0 Å². The second-order valence-electron chi connectivity index (χ2n) is 6.58. The molecule has 2 heteroatoms. The molecule has 1 aromatic rings. The zero-order valence-corrected chi connectivity index (χ0v) is 12.3. The molecule has 0 unspecified atom stereocenters. The Morgan fingerprint density at radius 3 is 2.79 bits per heavy atom. The normalized spacial score (nSPS) is 22.4. The molecule has 0 radical (unpaired) electrons. The molecule has 0 atom stereocenters. The topological polar surface area (TPSA) is 15.3 Å². The zero-order chi connectivity index (χ0) is 13.5. The van der Waals surface area contributed by atoms with Gasteiger partial charge in [0.05, 0.1) is 0 Å². The molecule has 0 aliphatic carbocycles. The lowest BCUT2D eigenvalue weighted by molar-refractivity contribution is 0.370. The number of likely N-dealkylation sites (N-methyl/N-ethyl adjacent to an activating group) is 1. The predicted molar refractivity (Wildman–Crippen MR) is 82.6 cm³/mol. The number of nitrogens with one attached hydrogen (secondary N) is 1. The summed E-state index contributed by atoms with van der Waals surface area (Å²) >= 11 is 0. The third-order valence-corrected chi connectivity index (χ3v) is 4.41. The molecule has 1 N–H and O–H groups in total. The molecule has 2 nitrogen and oxygen atoms in total. The molecule has 0 saturated carbocycles. The lowest BCUT2D eigenvalue weighted by Gasteiger charge is -2.35. The molecule has 2 heterocycles. The molecule has 0 amide bonds. The van der Waals surface area contributed by atoms with E-state index in [1.807, 2.05) is 0 Å². The van der Waals surface area contributed by atoms with Crippen LogP contribution in [0.4, 0.5) is 5.69 Å². The fourth-order valence-electron chi connectivity index (χ4n) is 3.15. The van der Waals surface area contributed by atoms with Crippen molar-refractivity contribution in [1.82, 2.24) is 4.90 Å². The molecule has 3 rings (SSSR count). The van der Waals surface area contributed by atoms with E-state index in [0.717, 1.165) is 6.54 Å². The maximum atomic E-state index is 3.69. The number of anilines is 1. The first-order valence-electron chi connectivity index (χ1n) is 7.33. The van der Waals surface area contributed by atoms with Crippen LogP contribution < -0.4 is 5.32 Å². The van der Waals surface area contributed by atoms with E-state index in [1.165, 1.54) is 48.2 Å². The van der Waals surface area contributed by atoms with Gasteiger partial charge in [-0.05, 0) is 62.9 Å². The van der Waals surface area contributed by atoms with Crippen molar-refractivity contribution in [3.05, 3.63) is 35.4 Å². The molecule has 2 aliphatic heterocycles. The Labute approximate surface area is 116 Å². The zero-order valence-electron chi connectivity index (χ0n) is 12.3. The molecule has 0 saturated heterocycles. The number of nitrogens with zero attached hydrogens (tertiary/aromatic N) is 1. The van der Waals surface area contributed by atoms with E-state index in [4.69, 9.17) is 0 Å². The molecule has 0 fully saturated rings. The quantitative estimate of drug-likeness (QED) is 0.826. The highest BCUT2D eigenvalue weighted by atomic mass is 15.1. The van der Waals surface area contributed by atoms with Crippen LogP contribution in [0.3, 0.4) is 0 Å². The average molecular weight is 256 g/mol. The minimum Gasteiger partial charge on any atom is -0.380 e. The molecule has 1 aromatic carbocycles. The van der Waals surface area contributed by atoms with Gasteiger partial charge in [0.15, 0.2) is 0 Å². The summed E-state index contributed by atoms with van der Waals surface area (Å²) in [6, 6.07) is 6.73. The lowest BCUT2D eigenvalue weighted by Crippen LogP contribution is -2.35. The highest BCUT2D eigenvalue weighted by Gasteiger charge is 2.26. The number of rotatable bonds is 1. The summed E-state index contributed by atoms with van der Waals surface area (Å²) in [4.78, 5) is 2.38. The maximum Gasteiger partial charge on any atom is 0.0382 e. The minimum atomic E-state index is 0.229. The fraction of sp³-hybridized carbons (Fsp3) is 0.529. The lowest BCUT2D eigenvalue weighted by atomic mass is 9.84. The molecular formula is C17H24N2. The van der Waals surface area contributed by atoms with E-state index >= 15 is 0 Å². The number of hydrogen-bond donors (Lipinski definition) is 1. The van der Waals surface area contributed by atoms with Gasteiger partial charge in [-0.15, -0.1) is 0 Å². The van der Waals surface area contributed by atoms with Gasteiger partial charge >= 0.3 is 0 Å². The van der Waals surface area contributed by atoms with E-state index in [9.17, 15) is 0 Å². The van der Waals surface area contributed by atoms with Crippen molar-refractivity contribution in [2.75, 3.05) is 25.5 Å². The summed E-state index contributed by atoms with van der Waals surface area (Å²) in [6.45, 7) is 6.83. The molecule has 0 spiro atoms. The molecular weight excluding hydrogens is 232 g/mol. The summed E-state index contributed by atoms with van der Waals surface area (Å²) in [6.07, 6.45) is 5.98. The van der Waals surface area contributed by atoms with Gasteiger partial charge in [0, 0.05) is 24.3 Å². The Hall–Kier alpha value is -1.28. The van der Waals surface area contributed by atoms with Gasteiger partial charge < -0.3 is 10.2 Å². The number of hydrogen-bond acceptors (Lipinski definition) is 2. The second-order valence-corrected chi connectivity index (χ2v) is 6.58. The second kappa shape index (κ2) is 4.68. The number of fused-ring (bicyclic) bond motifs is 1. The van der Waals surface area contributed by atoms with Crippen LogP contribution in [-0.2, 0) is 6.42 Å². The van der Waals surface area contributed by atoms with Gasteiger partial charge in [-0.1, -0.05) is 18.2 Å². The van der Waals surface area contributed by atoms with Crippen molar-refractivity contribution in [2.45, 2.75) is 38.6 Å². The van der Waals surface area contributed by atoms with Gasteiger partial charge in [0.25, 0.3) is 0 Å². The van der Waals surface area contributed by atoms with E-state index in [2.05, 4.69) is 55.4 Å². The van der Waals surface area contributed by atoms with Crippen molar-refractivity contribution in [3.63, 3.8) is 0 Å². The van der Waals surface area contributed by atoms with Crippen LogP contribution in [-0.4, -0.2) is 30.6 Å². The Morgan fingerprint density at radius 2 is 2.05 bits per heavy atom. The van der Waals surface area contributed by atoms with E-state index < -0.39 is 0 Å². The van der Waals surface area contributed by atoms with Crippen molar-refractivity contribution in [3.8, 4) is 0 Å². The van der Waals surface area contributed by atoms with Crippen LogP contribution in [0.2, 0.25) is 0 Å². The standard InChI is InChI=1S/C17H24N2/c1-17(2)10-7-15-14(5-4-6-16(15)18-17)13-8-11-19(3)12-9-13/h4-6,8,18H,7,9-12H2,1-3H3. The first-order chi connectivity index (χ1) is 9.05. The van der Waals surface area contributed by atoms with E-state index in [0.29, 0.717) is 0 Å². The highest BCUT2D eigenvalue weighted by molar-refractivity contribution is 5.75. The maximum absolute atomic E-state index is 3.69. The molecule has 0 aromatic heterocycles.